The van der Waals surface area contributed by atoms with E-state index >= 15 is 0 Å². The molecule has 5 atom stereocenters. The van der Waals surface area contributed by atoms with Gasteiger partial charge < -0.3 is 25.2 Å². The van der Waals surface area contributed by atoms with E-state index in [9.17, 15) is 33.6 Å². The maximum absolute atomic E-state index is 13.7. The van der Waals surface area contributed by atoms with Crippen molar-refractivity contribution in [3.8, 4) is 10.4 Å². The van der Waals surface area contributed by atoms with Crippen LogP contribution in [0.5, 0.6) is 0 Å². The number of thiophene rings is 2. The number of rotatable bonds is 5. The minimum atomic E-state index is -4.57. The normalized spacial score (nSPS) is 26.4. The quantitative estimate of drug-likeness (QED) is 0.443. The summed E-state index contributed by atoms with van der Waals surface area (Å²) in [5, 5.41) is 43.6. The highest BCUT2D eigenvalue weighted by Crippen LogP contribution is 2.39. The minimum Gasteiger partial charge on any atom is -0.394 e. The van der Waals surface area contributed by atoms with Crippen LogP contribution in [0.25, 0.3) is 10.4 Å². The van der Waals surface area contributed by atoms with Gasteiger partial charge in [0.05, 0.1) is 12.2 Å². The van der Waals surface area contributed by atoms with Crippen molar-refractivity contribution in [1.82, 2.24) is 0 Å². The molecule has 5 nitrogen and oxygen atoms in total. The van der Waals surface area contributed by atoms with Gasteiger partial charge in [-0.05, 0) is 46.2 Å². The Morgan fingerprint density at radius 1 is 0.969 bits per heavy atom. The van der Waals surface area contributed by atoms with Crippen LogP contribution >= 0.6 is 22.7 Å². The average molecular weight is 487 g/mol. The first-order valence-electron chi connectivity index (χ1n) is 9.81. The molecule has 1 aliphatic heterocycles. The number of aliphatic hydroxyl groups is 4. The molecule has 1 aliphatic rings. The van der Waals surface area contributed by atoms with E-state index in [2.05, 4.69) is 0 Å². The molecule has 3 aromatic rings. The third-order valence-electron chi connectivity index (χ3n) is 5.49. The van der Waals surface area contributed by atoms with E-state index in [0.29, 0.717) is 0 Å². The number of hydrogen-bond acceptors (Lipinski definition) is 7. The van der Waals surface area contributed by atoms with E-state index in [1.807, 2.05) is 22.9 Å². The molecule has 3 heterocycles. The zero-order valence-corrected chi connectivity index (χ0v) is 18.2. The number of benzene rings is 1. The van der Waals surface area contributed by atoms with Gasteiger partial charge in [0.15, 0.2) is 0 Å². The van der Waals surface area contributed by atoms with Gasteiger partial charge in [-0.3, -0.25) is 0 Å². The lowest BCUT2D eigenvalue weighted by molar-refractivity contribution is -0.231. The number of hydrogen-bond donors (Lipinski definition) is 4. The Morgan fingerprint density at radius 3 is 2.41 bits per heavy atom. The summed E-state index contributed by atoms with van der Waals surface area (Å²) in [4.78, 5) is 1.70. The summed E-state index contributed by atoms with van der Waals surface area (Å²) in [6.07, 6.45) is -11.6. The van der Waals surface area contributed by atoms with Crippen LogP contribution in [0.1, 0.15) is 27.7 Å². The number of aliphatic hydroxyl groups excluding tert-OH is 4. The maximum atomic E-state index is 13.7. The van der Waals surface area contributed by atoms with Crippen LogP contribution in [0.15, 0.2) is 47.2 Å². The number of alkyl halides is 3. The predicted molar refractivity (Wildman–Crippen MR) is 115 cm³/mol. The van der Waals surface area contributed by atoms with Crippen molar-refractivity contribution in [3.63, 3.8) is 0 Å². The van der Waals surface area contributed by atoms with Crippen molar-refractivity contribution in [2.45, 2.75) is 43.1 Å². The highest BCUT2D eigenvalue weighted by molar-refractivity contribution is 7.16. The van der Waals surface area contributed by atoms with Gasteiger partial charge in [-0.15, -0.1) is 11.3 Å². The van der Waals surface area contributed by atoms with E-state index in [1.54, 1.807) is 6.07 Å². The summed E-state index contributed by atoms with van der Waals surface area (Å²) >= 11 is 2.94. The molecule has 1 saturated heterocycles. The van der Waals surface area contributed by atoms with Crippen LogP contribution in [-0.4, -0.2) is 51.4 Å². The van der Waals surface area contributed by atoms with E-state index in [-0.39, 0.29) is 17.5 Å². The van der Waals surface area contributed by atoms with Crippen molar-refractivity contribution >= 4 is 22.7 Å². The van der Waals surface area contributed by atoms with Crippen molar-refractivity contribution in [1.29, 1.82) is 0 Å². The summed E-state index contributed by atoms with van der Waals surface area (Å²) in [6.45, 7) is -0.616. The van der Waals surface area contributed by atoms with Crippen LogP contribution in [-0.2, 0) is 17.3 Å². The second kappa shape index (κ2) is 9.22. The summed E-state index contributed by atoms with van der Waals surface area (Å²) in [5.41, 5.74) is 0.443. The van der Waals surface area contributed by atoms with Crippen molar-refractivity contribution in [2.24, 2.45) is 0 Å². The molecular formula is C22H21F3O5S2. The monoisotopic (exact) mass is 486 g/mol. The van der Waals surface area contributed by atoms with Crippen LogP contribution < -0.4 is 0 Å². The first-order chi connectivity index (χ1) is 15.2. The fourth-order valence-electron chi connectivity index (χ4n) is 3.81. The van der Waals surface area contributed by atoms with Gasteiger partial charge in [-0.25, -0.2) is 0 Å². The first kappa shape index (κ1) is 23.4. The summed E-state index contributed by atoms with van der Waals surface area (Å²) in [6, 6.07) is 9.03. The number of ether oxygens (including phenoxy) is 1. The molecular weight excluding hydrogens is 465 g/mol. The molecule has 0 amide bonds. The highest BCUT2D eigenvalue weighted by Gasteiger charge is 2.44. The Hall–Kier alpha value is -1.79. The Kier molecular flexibility index (Phi) is 6.73. The molecule has 0 unspecified atom stereocenters. The summed E-state index contributed by atoms with van der Waals surface area (Å²) in [7, 11) is 0. The smallest absolute Gasteiger partial charge is 0.394 e. The average Bonchev–Trinajstić information content (AvgIpc) is 3.43. The lowest BCUT2D eigenvalue weighted by atomic mass is 9.89. The largest absolute Gasteiger partial charge is 0.416 e. The molecule has 0 bridgehead atoms. The predicted octanol–water partition coefficient (Wildman–Crippen LogP) is 3.60. The molecule has 0 spiro atoms. The van der Waals surface area contributed by atoms with Crippen LogP contribution in [0.3, 0.4) is 0 Å². The Labute approximate surface area is 190 Å². The summed E-state index contributed by atoms with van der Waals surface area (Å²) < 4.78 is 46.5. The van der Waals surface area contributed by atoms with Gasteiger partial charge >= 0.3 is 6.18 Å². The van der Waals surface area contributed by atoms with Crippen molar-refractivity contribution in [3.05, 3.63) is 68.7 Å². The van der Waals surface area contributed by atoms with Gasteiger partial charge in [0.25, 0.3) is 0 Å². The molecule has 0 saturated carbocycles. The third-order valence-corrected chi connectivity index (χ3v) is 7.31. The van der Waals surface area contributed by atoms with E-state index < -0.39 is 48.9 Å². The molecule has 4 rings (SSSR count). The molecule has 0 aliphatic carbocycles. The molecule has 0 radical (unpaired) electrons. The Balaban J connectivity index is 1.67. The second-order valence-electron chi connectivity index (χ2n) is 7.62. The van der Waals surface area contributed by atoms with E-state index in [1.165, 1.54) is 34.8 Å². The Bertz CT molecular complexity index is 1050. The zero-order valence-electron chi connectivity index (χ0n) is 16.6. The van der Waals surface area contributed by atoms with Gasteiger partial charge in [0.2, 0.25) is 0 Å². The van der Waals surface area contributed by atoms with Crippen LogP contribution in [0, 0.1) is 0 Å². The van der Waals surface area contributed by atoms with E-state index in [4.69, 9.17) is 4.74 Å². The molecule has 10 heteroatoms. The fraction of sp³-hybridized carbons (Fsp3) is 0.364. The molecule has 4 N–H and O–H groups in total. The van der Waals surface area contributed by atoms with Gasteiger partial charge in [0.1, 0.15) is 30.5 Å². The van der Waals surface area contributed by atoms with Gasteiger partial charge in [0, 0.05) is 21.7 Å². The molecule has 1 aromatic carbocycles. The maximum Gasteiger partial charge on any atom is 0.416 e. The minimum absolute atomic E-state index is 0.00526. The third kappa shape index (κ3) is 4.62. The molecule has 172 valence electrons. The van der Waals surface area contributed by atoms with Gasteiger partial charge in [-0.1, -0.05) is 12.1 Å². The number of halogens is 3. The Morgan fingerprint density at radius 2 is 1.75 bits per heavy atom. The fourth-order valence-corrected chi connectivity index (χ4v) is 5.57. The van der Waals surface area contributed by atoms with Gasteiger partial charge in [-0.2, -0.15) is 24.5 Å². The van der Waals surface area contributed by atoms with Crippen molar-refractivity contribution in [2.75, 3.05) is 6.61 Å². The standard InChI is InChI=1S/C22H21F3O5S2/c23-22(24,25)15-3-1-11(21-20(29)19(28)18(27)16(9-26)30-21)7-13(15)8-14-2-4-17(32-14)12-5-6-31-10-12/h1-7,10,16,18-21,26-29H,8-9H2/t16-,18-,19+,20-,21+/m1/s1. The molecule has 32 heavy (non-hydrogen) atoms. The lowest BCUT2D eigenvalue weighted by Gasteiger charge is -2.40. The lowest BCUT2D eigenvalue weighted by Crippen LogP contribution is -2.55. The SMILES string of the molecule is OC[C@H]1O[C@@H](c2ccc(C(F)(F)F)c(Cc3ccc(-c4ccsc4)s3)c2)[C@H](O)[C@@H](O)[C@@H]1O. The van der Waals surface area contributed by atoms with Crippen LogP contribution in [0.2, 0.25) is 0 Å². The topological polar surface area (TPSA) is 90.2 Å². The molecule has 2 aromatic heterocycles. The van der Waals surface area contributed by atoms with E-state index in [0.717, 1.165) is 21.4 Å². The second-order valence-corrected chi connectivity index (χ2v) is 9.57. The van der Waals surface area contributed by atoms with Crippen molar-refractivity contribution < 1.29 is 38.3 Å². The first-order valence-corrected chi connectivity index (χ1v) is 11.6. The zero-order chi connectivity index (χ0) is 23.0. The van der Waals surface area contributed by atoms with Crippen LogP contribution in [0.4, 0.5) is 13.2 Å². The highest BCUT2D eigenvalue weighted by atomic mass is 32.1. The summed E-state index contributed by atoms with van der Waals surface area (Å²) in [5.74, 6) is 0. The molecule has 1 fully saturated rings.